The number of aromatic nitrogens is 4. The lowest BCUT2D eigenvalue weighted by molar-refractivity contribution is 0.355. The van der Waals surface area contributed by atoms with Gasteiger partial charge in [0.2, 0.25) is 5.16 Å². The molecule has 30 heavy (non-hydrogen) atoms. The van der Waals surface area contributed by atoms with Gasteiger partial charge in [-0.2, -0.15) is 5.10 Å². The number of hydrogen-bond donors (Lipinski definition) is 1. The molecule has 0 amide bonds. The number of fused-ring (bicyclic) bond motifs is 1. The molecule has 0 saturated carbocycles. The van der Waals surface area contributed by atoms with Gasteiger partial charge in [0.1, 0.15) is 11.3 Å². The first-order chi connectivity index (χ1) is 14.5. The van der Waals surface area contributed by atoms with Crippen LogP contribution < -0.4 is 15.0 Å². The van der Waals surface area contributed by atoms with Gasteiger partial charge in [-0.1, -0.05) is 29.4 Å². The topological polar surface area (TPSA) is 81.5 Å². The number of rotatable bonds is 6. The van der Waals surface area contributed by atoms with Crippen LogP contribution in [0.15, 0.2) is 52.4 Å². The molecule has 2 aromatic heterocycles. The minimum absolute atomic E-state index is 0.227. The van der Waals surface area contributed by atoms with E-state index in [0.29, 0.717) is 38.5 Å². The normalized spacial score (nSPS) is 11.1. The summed E-state index contributed by atoms with van der Waals surface area (Å²) >= 11 is 7.31. The second-order valence-electron chi connectivity index (χ2n) is 6.22. The van der Waals surface area contributed by atoms with Crippen LogP contribution in [0.1, 0.15) is 5.56 Å². The van der Waals surface area contributed by atoms with Crippen LogP contribution in [0.4, 0.5) is 4.39 Å². The third kappa shape index (κ3) is 3.73. The highest BCUT2D eigenvalue weighted by atomic mass is 35.5. The highest BCUT2D eigenvalue weighted by Crippen LogP contribution is 2.33. The van der Waals surface area contributed by atoms with Crippen molar-refractivity contribution in [1.82, 2.24) is 19.8 Å². The third-order valence-electron chi connectivity index (χ3n) is 4.46. The Labute approximate surface area is 179 Å². The maximum absolute atomic E-state index is 14.1. The molecule has 0 aliphatic rings. The van der Waals surface area contributed by atoms with Crippen LogP contribution in [0.2, 0.25) is 5.02 Å². The molecule has 0 fully saturated rings. The zero-order chi connectivity index (χ0) is 21.3. The second kappa shape index (κ2) is 8.37. The summed E-state index contributed by atoms with van der Waals surface area (Å²) in [7, 11) is 3.10. The lowest BCUT2D eigenvalue weighted by Crippen LogP contribution is -2.13. The van der Waals surface area contributed by atoms with Gasteiger partial charge in [0, 0.05) is 21.9 Å². The van der Waals surface area contributed by atoms with Crippen molar-refractivity contribution in [2.24, 2.45) is 0 Å². The van der Waals surface area contributed by atoms with Crippen molar-refractivity contribution in [3.05, 3.63) is 69.2 Å². The second-order valence-corrected chi connectivity index (χ2v) is 7.57. The van der Waals surface area contributed by atoms with Crippen molar-refractivity contribution in [3.8, 4) is 22.8 Å². The highest BCUT2D eigenvalue weighted by molar-refractivity contribution is 7.98. The van der Waals surface area contributed by atoms with Gasteiger partial charge >= 0.3 is 0 Å². The molecule has 4 rings (SSSR count). The highest BCUT2D eigenvalue weighted by Gasteiger charge is 2.15. The third-order valence-corrected chi connectivity index (χ3v) is 5.77. The Balaban J connectivity index is 1.73. The van der Waals surface area contributed by atoms with Crippen molar-refractivity contribution in [2.45, 2.75) is 10.9 Å². The number of ether oxygens (including phenoxy) is 2. The largest absolute Gasteiger partial charge is 0.493 e. The lowest BCUT2D eigenvalue weighted by Gasteiger charge is -2.08. The fraction of sp³-hybridized carbons (Fsp3) is 0.150. The number of benzene rings is 2. The first-order valence-corrected chi connectivity index (χ1v) is 10.1. The Morgan fingerprint density at radius 2 is 1.97 bits per heavy atom. The van der Waals surface area contributed by atoms with E-state index in [0.717, 1.165) is 5.56 Å². The van der Waals surface area contributed by atoms with Crippen molar-refractivity contribution < 1.29 is 13.9 Å². The standard InChI is InChI=1S/C20H16ClFN4O3S/c1-28-17-7-6-11(8-18(17)29-2)15-9-16-19(27)23-24-20(26(16)25-15)30-10-12-13(21)4-3-5-14(12)22/h3-9H,10H2,1-2H3,(H,23,27). The quantitative estimate of drug-likeness (QED) is 0.447. The van der Waals surface area contributed by atoms with Crippen molar-refractivity contribution in [2.75, 3.05) is 14.2 Å². The van der Waals surface area contributed by atoms with Gasteiger partial charge in [-0.3, -0.25) is 4.79 Å². The molecule has 7 nitrogen and oxygen atoms in total. The molecule has 2 aromatic carbocycles. The molecule has 0 atom stereocenters. The van der Waals surface area contributed by atoms with E-state index in [1.54, 1.807) is 44.6 Å². The average Bonchev–Trinajstić information content (AvgIpc) is 3.21. The number of aromatic amines is 1. The number of methoxy groups -OCH3 is 2. The van der Waals surface area contributed by atoms with E-state index in [9.17, 15) is 9.18 Å². The molecular weight excluding hydrogens is 431 g/mol. The monoisotopic (exact) mass is 446 g/mol. The van der Waals surface area contributed by atoms with Gasteiger partial charge in [-0.25, -0.2) is 14.0 Å². The van der Waals surface area contributed by atoms with Crippen LogP contribution >= 0.6 is 23.4 Å². The fourth-order valence-electron chi connectivity index (χ4n) is 2.93. The number of nitrogens with zero attached hydrogens (tertiary/aromatic N) is 3. The first kappa shape index (κ1) is 20.2. The molecule has 4 aromatic rings. The zero-order valence-corrected chi connectivity index (χ0v) is 17.6. The van der Waals surface area contributed by atoms with Gasteiger partial charge in [0.05, 0.1) is 19.9 Å². The number of H-pyrrole nitrogens is 1. The number of nitrogens with one attached hydrogen (secondary N) is 1. The van der Waals surface area contributed by atoms with Crippen molar-refractivity contribution >= 4 is 28.9 Å². The van der Waals surface area contributed by atoms with Gasteiger partial charge in [0.15, 0.2) is 11.5 Å². The SMILES string of the molecule is COc1ccc(-c2cc3c(=O)[nH]nc(SCc4c(F)cccc4Cl)n3n2)cc1OC. The van der Waals surface area contributed by atoms with E-state index in [-0.39, 0.29) is 11.3 Å². The zero-order valence-electron chi connectivity index (χ0n) is 16.0. The molecule has 1 N–H and O–H groups in total. The smallest absolute Gasteiger partial charge is 0.290 e. The maximum Gasteiger partial charge on any atom is 0.290 e. The summed E-state index contributed by atoms with van der Waals surface area (Å²) < 4.78 is 26.1. The molecule has 0 aliphatic heterocycles. The molecule has 0 spiro atoms. The molecule has 154 valence electrons. The summed E-state index contributed by atoms with van der Waals surface area (Å²) in [6.07, 6.45) is 0. The summed E-state index contributed by atoms with van der Waals surface area (Å²) in [6, 6.07) is 11.5. The number of thioether (sulfide) groups is 1. The van der Waals surface area contributed by atoms with E-state index in [4.69, 9.17) is 21.1 Å². The van der Waals surface area contributed by atoms with Gasteiger partial charge in [-0.15, -0.1) is 5.10 Å². The number of halogens is 2. The van der Waals surface area contributed by atoms with Crippen LogP contribution in [-0.2, 0) is 5.75 Å². The Kier molecular flexibility index (Phi) is 5.65. The average molecular weight is 447 g/mol. The lowest BCUT2D eigenvalue weighted by atomic mass is 10.1. The van der Waals surface area contributed by atoms with E-state index in [1.807, 2.05) is 6.07 Å². The van der Waals surface area contributed by atoms with Crippen LogP contribution in [0, 0.1) is 5.82 Å². The van der Waals surface area contributed by atoms with Crippen LogP contribution in [-0.4, -0.2) is 34.0 Å². The van der Waals surface area contributed by atoms with Crippen molar-refractivity contribution in [3.63, 3.8) is 0 Å². The molecule has 10 heteroatoms. The minimum atomic E-state index is -0.401. The van der Waals surface area contributed by atoms with E-state index < -0.39 is 5.82 Å². The molecule has 0 aliphatic carbocycles. The molecular formula is C20H16ClFN4O3S. The van der Waals surface area contributed by atoms with Gasteiger partial charge in [-0.05, 0) is 36.4 Å². The van der Waals surface area contributed by atoms with Crippen molar-refractivity contribution in [1.29, 1.82) is 0 Å². The van der Waals surface area contributed by atoms with Gasteiger partial charge in [0.25, 0.3) is 5.56 Å². The predicted molar refractivity (Wildman–Crippen MR) is 113 cm³/mol. The van der Waals surface area contributed by atoms with Crippen LogP contribution in [0.25, 0.3) is 16.8 Å². The molecule has 2 heterocycles. The van der Waals surface area contributed by atoms with Gasteiger partial charge < -0.3 is 9.47 Å². The summed E-state index contributed by atoms with van der Waals surface area (Å²) in [5, 5.41) is 11.8. The fourth-order valence-corrected chi connectivity index (χ4v) is 4.18. The maximum atomic E-state index is 14.1. The molecule has 0 saturated heterocycles. The minimum Gasteiger partial charge on any atom is -0.493 e. The summed E-state index contributed by atoms with van der Waals surface area (Å²) in [4.78, 5) is 12.3. The first-order valence-electron chi connectivity index (χ1n) is 8.78. The molecule has 0 bridgehead atoms. The molecule has 0 radical (unpaired) electrons. The van der Waals surface area contributed by atoms with E-state index >= 15 is 0 Å². The Morgan fingerprint density at radius 3 is 2.70 bits per heavy atom. The van der Waals surface area contributed by atoms with Crippen LogP contribution in [0.3, 0.4) is 0 Å². The van der Waals surface area contributed by atoms with Crippen LogP contribution in [0.5, 0.6) is 11.5 Å². The summed E-state index contributed by atoms with van der Waals surface area (Å²) in [5.41, 5.74) is 1.58. The Morgan fingerprint density at radius 1 is 1.17 bits per heavy atom. The Hall–Kier alpha value is -3.04. The van der Waals surface area contributed by atoms with E-state index in [2.05, 4.69) is 15.3 Å². The Bertz CT molecular complexity index is 1270. The molecule has 0 unspecified atom stereocenters. The predicted octanol–water partition coefficient (Wildman–Crippen LogP) is 4.19. The number of hydrogen-bond acceptors (Lipinski definition) is 6. The summed E-state index contributed by atoms with van der Waals surface area (Å²) in [6.45, 7) is 0. The summed E-state index contributed by atoms with van der Waals surface area (Å²) in [5.74, 6) is 0.957. The van der Waals surface area contributed by atoms with E-state index in [1.165, 1.54) is 22.3 Å².